The standard InChI is InChI=1S/C16H27NO2/c1-5-6-7-12-18-15-10-8-14(9-11-15)13-17-19-16(2,3)4/h8-11,17H,5-7,12-13H2,1-4H3. The molecular formula is C16H27NO2. The van der Waals surface area contributed by atoms with Crippen molar-refractivity contribution in [3.8, 4) is 5.75 Å². The van der Waals surface area contributed by atoms with Crippen LogP contribution in [0.5, 0.6) is 5.75 Å². The molecule has 0 aromatic heterocycles. The van der Waals surface area contributed by atoms with Crippen molar-refractivity contribution < 1.29 is 9.57 Å². The SMILES string of the molecule is CCCCCOc1ccc(CNOC(C)(C)C)cc1. The first kappa shape index (κ1) is 16.0. The predicted octanol–water partition coefficient (Wildman–Crippen LogP) is 4.08. The van der Waals surface area contributed by atoms with Gasteiger partial charge in [0.2, 0.25) is 0 Å². The van der Waals surface area contributed by atoms with E-state index in [1.165, 1.54) is 18.4 Å². The Morgan fingerprint density at radius 3 is 2.32 bits per heavy atom. The van der Waals surface area contributed by atoms with Gasteiger partial charge in [-0.3, -0.25) is 4.84 Å². The number of rotatable bonds is 8. The molecule has 1 N–H and O–H groups in total. The largest absolute Gasteiger partial charge is 0.494 e. The molecule has 0 saturated heterocycles. The Hall–Kier alpha value is -1.06. The van der Waals surface area contributed by atoms with Crippen LogP contribution in [0.2, 0.25) is 0 Å². The molecule has 0 aliphatic rings. The fourth-order valence-corrected chi connectivity index (χ4v) is 1.58. The van der Waals surface area contributed by atoms with E-state index in [9.17, 15) is 0 Å². The molecule has 19 heavy (non-hydrogen) atoms. The maximum absolute atomic E-state index is 5.67. The van der Waals surface area contributed by atoms with Gasteiger partial charge in [-0.25, -0.2) is 0 Å². The van der Waals surface area contributed by atoms with E-state index in [0.29, 0.717) is 6.54 Å². The highest BCUT2D eigenvalue weighted by Gasteiger charge is 2.09. The van der Waals surface area contributed by atoms with Gasteiger partial charge in [0.25, 0.3) is 0 Å². The van der Waals surface area contributed by atoms with Crippen molar-refractivity contribution in [3.05, 3.63) is 29.8 Å². The van der Waals surface area contributed by atoms with Crippen LogP contribution in [0.3, 0.4) is 0 Å². The molecule has 0 spiro atoms. The van der Waals surface area contributed by atoms with E-state index < -0.39 is 0 Å². The van der Waals surface area contributed by atoms with Crippen molar-refractivity contribution in [1.29, 1.82) is 0 Å². The minimum atomic E-state index is -0.164. The summed E-state index contributed by atoms with van der Waals surface area (Å²) in [6.45, 7) is 9.77. The van der Waals surface area contributed by atoms with E-state index >= 15 is 0 Å². The third-order valence-electron chi connectivity index (χ3n) is 2.59. The zero-order valence-electron chi connectivity index (χ0n) is 12.7. The lowest BCUT2D eigenvalue weighted by molar-refractivity contribution is -0.0757. The minimum absolute atomic E-state index is 0.164. The molecule has 0 bridgehead atoms. The summed E-state index contributed by atoms with van der Waals surface area (Å²) in [6.07, 6.45) is 3.58. The maximum Gasteiger partial charge on any atom is 0.119 e. The van der Waals surface area contributed by atoms with Gasteiger partial charge >= 0.3 is 0 Å². The van der Waals surface area contributed by atoms with Gasteiger partial charge in [-0.1, -0.05) is 31.9 Å². The van der Waals surface area contributed by atoms with Crippen molar-refractivity contribution in [2.45, 2.75) is 59.1 Å². The maximum atomic E-state index is 5.67. The van der Waals surface area contributed by atoms with Crippen molar-refractivity contribution in [3.63, 3.8) is 0 Å². The van der Waals surface area contributed by atoms with Gasteiger partial charge in [0.1, 0.15) is 5.75 Å². The Labute approximate surface area is 117 Å². The topological polar surface area (TPSA) is 30.5 Å². The molecule has 1 aromatic rings. The molecular weight excluding hydrogens is 238 g/mol. The number of nitrogens with one attached hydrogen (secondary N) is 1. The summed E-state index contributed by atoms with van der Waals surface area (Å²) < 4.78 is 5.67. The summed E-state index contributed by atoms with van der Waals surface area (Å²) >= 11 is 0. The lowest BCUT2D eigenvalue weighted by Crippen LogP contribution is -2.28. The van der Waals surface area contributed by atoms with Gasteiger partial charge in [-0.15, -0.1) is 0 Å². The minimum Gasteiger partial charge on any atom is -0.494 e. The smallest absolute Gasteiger partial charge is 0.119 e. The van der Waals surface area contributed by atoms with E-state index in [1.54, 1.807) is 0 Å². The molecule has 0 atom stereocenters. The van der Waals surface area contributed by atoms with Crippen LogP contribution in [0.25, 0.3) is 0 Å². The van der Waals surface area contributed by atoms with Gasteiger partial charge in [0.15, 0.2) is 0 Å². The Morgan fingerprint density at radius 2 is 1.74 bits per heavy atom. The van der Waals surface area contributed by atoms with Gasteiger partial charge in [-0.2, -0.15) is 5.48 Å². The van der Waals surface area contributed by atoms with Crippen LogP contribution in [-0.2, 0) is 11.4 Å². The monoisotopic (exact) mass is 265 g/mol. The number of hydroxylamine groups is 1. The summed E-state index contributed by atoms with van der Waals surface area (Å²) in [7, 11) is 0. The van der Waals surface area contributed by atoms with Crippen LogP contribution in [0, 0.1) is 0 Å². The van der Waals surface area contributed by atoms with E-state index in [2.05, 4.69) is 24.5 Å². The predicted molar refractivity (Wildman–Crippen MR) is 79.1 cm³/mol. The van der Waals surface area contributed by atoms with Crippen LogP contribution < -0.4 is 10.2 Å². The molecule has 1 aromatic carbocycles. The average molecular weight is 265 g/mol. The molecule has 0 saturated carbocycles. The fourth-order valence-electron chi connectivity index (χ4n) is 1.58. The van der Waals surface area contributed by atoms with Crippen LogP contribution in [0.1, 0.15) is 52.5 Å². The third kappa shape index (κ3) is 7.85. The normalized spacial score (nSPS) is 11.6. The molecule has 0 radical (unpaired) electrons. The van der Waals surface area contributed by atoms with Crippen molar-refractivity contribution in [2.24, 2.45) is 0 Å². The van der Waals surface area contributed by atoms with Crippen molar-refractivity contribution in [2.75, 3.05) is 6.61 Å². The van der Waals surface area contributed by atoms with Gasteiger partial charge in [-0.05, 0) is 44.9 Å². The van der Waals surface area contributed by atoms with Crippen LogP contribution in [-0.4, -0.2) is 12.2 Å². The molecule has 3 heteroatoms. The molecule has 108 valence electrons. The highest BCUT2D eigenvalue weighted by atomic mass is 16.7. The summed E-state index contributed by atoms with van der Waals surface area (Å²) in [6, 6.07) is 8.16. The zero-order valence-corrected chi connectivity index (χ0v) is 12.7. The summed E-state index contributed by atoms with van der Waals surface area (Å²) in [5.41, 5.74) is 4.00. The second kappa shape index (κ2) is 8.18. The van der Waals surface area contributed by atoms with Gasteiger partial charge in [0, 0.05) is 6.54 Å². The zero-order chi connectivity index (χ0) is 14.1. The summed E-state index contributed by atoms with van der Waals surface area (Å²) in [5.74, 6) is 0.941. The average Bonchev–Trinajstić information content (AvgIpc) is 2.35. The van der Waals surface area contributed by atoms with Crippen molar-refractivity contribution >= 4 is 0 Å². The number of hydrogen-bond donors (Lipinski definition) is 1. The first-order chi connectivity index (χ1) is 9.01. The quantitative estimate of drug-likeness (QED) is 0.567. The summed E-state index contributed by atoms with van der Waals surface area (Å²) in [5, 5.41) is 0. The highest BCUT2D eigenvalue weighted by molar-refractivity contribution is 5.27. The molecule has 0 aliphatic heterocycles. The van der Waals surface area contributed by atoms with E-state index in [0.717, 1.165) is 18.8 Å². The van der Waals surface area contributed by atoms with Crippen LogP contribution in [0.15, 0.2) is 24.3 Å². The lowest BCUT2D eigenvalue weighted by Gasteiger charge is -2.19. The Balaban J connectivity index is 2.27. The van der Waals surface area contributed by atoms with Crippen LogP contribution >= 0.6 is 0 Å². The number of unbranched alkanes of at least 4 members (excludes halogenated alkanes) is 2. The van der Waals surface area contributed by atoms with E-state index in [4.69, 9.17) is 9.57 Å². The Kier molecular flexibility index (Phi) is 6.89. The third-order valence-corrected chi connectivity index (χ3v) is 2.59. The summed E-state index contributed by atoms with van der Waals surface area (Å²) in [4.78, 5) is 5.47. The molecule has 0 unspecified atom stereocenters. The molecule has 1 rings (SSSR count). The second-order valence-electron chi connectivity index (χ2n) is 5.74. The van der Waals surface area contributed by atoms with E-state index in [1.807, 2.05) is 32.9 Å². The molecule has 3 nitrogen and oxygen atoms in total. The first-order valence-electron chi connectivity index (χ1n) is 7.14. The van der Waals surface area contributed by atoms with E-state index in [-0.39, 0.29) is 5.60 Å². The van der Waals surface area contributed by atoms with Crippen molar-refractivity contribution in [1.82, 2.24) is 5.48 Å². The number of benzene rings is 1. The molecule has 0 amide bonds. The first-order valence-corrected chi connectivity index (χ1v) is 7.14. The Morgan fingerprint density at radius 1 is 1.05 bits per heavy atom. The van der Waals surface area contributed by atoms with Crippen LogP contribution in [0.4, 0.5) is 0 Å². The fraction of sp³-hybridized carbons (Fsp3) is 0.625. The molecule has 0 aliphatic carbocycles. The molecule has 0 heterocycles. The molecule has 0 fully saturated rings. The number of hydrogen-bond acceptors (Lipinski definition) is 3. The highest BCUT2D eigenvalue weighted by Crippen LogP contribution is 2.13. The lowest BCUT2D eigenvalue weighted by atomic mass is 10.2. The Bertz CT molecular complexity index is 341. The van der Waals surface area contributed by atoms with Gasteiger partial charge in [0.05, 0.1) is 12.2 Å². The number of ether oxygens (including phenoxy) is 1. The van der Waals surface area contributed by atoms with Gasteiger partial charge < -0.3 is 4.74 Å². The second-order valence-corrected chi connectivity index (χ2v) is 5.74.